The molecule has 12 nitrogen and oxygen atoms in total. The van der Waals surface area contributed by atoms with Crippen molar-refractivity contribution in [2.45, 2.75) is 63.4 Å². The second-order valence-corrected chi connectivity index (χ2v) is 14.6. The number of esters is 1. The molecule has 3 aliphatic heterocycles. The molecule has 14 heteroatoms. The van der Waals surface area contributed by atoms with Crippen LogP contribution in [0.4, 0.5) is 4.79 Å². The molecule has 2 aromatic carbocycles. The van der Waals surface area contributed by atoms with E-state index >= 15 is 0 Å². The SMILES string of the molecule is CC(C)(C)OC(=O)N[C@@H]1C(=O)N2C(C(=O)OC(c3ccccc3)c3ccccc3)=C(/C=C3\CCN(Cc4cc[n+](CC(N)=O)cc4)C3=O)CS[C@H]12.[Br-]. The number of β-lactam (4-membered cyclic amide) rings is 1. The number of primary amides is 1. The van der Waals surface area contributed by atoms with E-state index in [4.69, 9.17) is 15.2 Å². The second-order valence-electron chi connectivity index (χ2n) is 13.5. The minimum atomic E-state index is -0.906. The Morgan fingerprint density at radius 1 is 1.00 bits per heavy atom. The molecule has 0 aliphatic carbocycles. The number of allylic oxidation sites excluding steroid dienone is 1. The molecule has 1 aromatic heterocycles. The van der Waals surface area contributed by atoms with Gasteiger partial charge in [0.1, 0.15) is 22.7 Å². The summed E-state index contributed by atoms with van der Waals surface area (Å²) in [6.45, 7) is 6.08. The molecule has 4 heterocycles. The third-order valence-corrected chi connectivity index (χ3v) is 9.83. The van der Waals surface area contributed by atoms with Crippen LogP contribution >= 0.6 is 11.8 Å². The minimum absolute atomic E-state index is 0. The van der Waals surface area contributed by atoms with E-state index < -0.39 is 47.0 Å². The number of aromatic nitrogens is 1. The van der Waals surface area contributed by atoms with Gasteiger partial charge in [0, 0.05) is 36.5 Å². The third-order valence-electron chi connectivity index (χ3n) is 8.53. The highest BCUT2D eigenvalue weighted by molar-refractivity contribution is 8.00. The van der Waals surface area contributed by atoms with Crippen molar-refractivity contribution in [1.82, 2.24) is 15.1 Å². The molecule has 2 fully saturated rings. The number of amides is 4. The van der Waals surface area contributed by atoms with Crippen LogP contribution in [0, 0.1) is 0 Å². The zero-order valence-electron chi connectivity index (χ0n) is 29.0. The number of hydrogen-bond acceptors (Lipinski definition) is 8. The number of rotatable bonds is 10. The summed E-state index contributed by atoms with van der Waals surface area (Å²) in [6, 6.07) is 21.4. The number of nitrogens with zero attached hydrogens (tertiary/aromatic N) is 3. The Balaban J connectivity index is 0.00000523. The molecule has 0 unspecified atom stereocenters. The Bertz CT molecular complexity index is 1860. The van der Waals surface area contributed by atoms with Gasteiger partial charge in [-0.1, -0.05) is 60.7 Å². The summed E-state index contributed by atoms with van der Waals surface area (Å²) >= 11 is 1.38. The van der Waals surface area contributed by atoms with Crippen LogP contribution in [0.1, 0.15) is 50.0 Å². The monoisotopic (exact) mass is 789 g/mol. The van der Waals surface area contributed by atoms with Crippen LogP contribution < -0.4 is 32.6 Å². The van der Waals surface area contributed by atoms with Crippen LogP contribution in [0.25, 0.3) is 0 Å². The molecule has 3 N–H and O–H groups in total. The van der Waals surface area contributed by atoms with Crippen molar-refractivity contribution in [3.8, 4) is 0 Å². The lowest BCUT2D eigenvalue weighted by Gasteiger charge is -2.49. The molecule has 0 radical (unpaired) electrons. The molecule has 3 aromatic rings. The van der Waals surface area contributed by atoms with Gasteiger partial charge in [0.15, 0.2) is 18.5 Å². The Morgan fingerprint density at radius 2 is 1.62 bits per heavy atom. The van der Waals surface area contributed by atoms with Gasteiger partial charge in [-0.3, -0.25) is 19.3 Å². The highest BCUT2D eigenvalue weighted by atomic mass is 79.9. The molecule has 272 valence electrons. The standard InChI is InChI=1S/C38H39N5O7S.BrH/c1-38(2,3)50-37(48)40-30-34(46)43-31(36(47)49-32(25-10-6-4-7-11-25)26-12-8-5-9-13-26)28(23-51-35(30)43)20-27-16-19-42(33(27)45)21-24-14-17-41(18-15-24)22-29(39)44;/h4-15,17-18,20,30,32,35H,16,19,21-23H2,1-3H3,(H2-,39,40,44,48);1H/b27-20+;/t30-,35-;/m1./s1. The molecule has 0 saturated carbocycles. The first-order chi connectivity index (χ1) is 24.4. The second kappa shape index (κ2) is 16.2. The molecule has 0 bridgehead atoms. The maximum atomic E-state index is 14.3. The van der Waals surface area contributed by atoms with Crippen LogP contribution in [0.15, 0.2) is 108 Å². The predicted octanol–water partition coefficient (Wildman–Crippen LogP) is 0.517. The highest BCUT2D eigenvalue weighted by Crippen LogP contribution is 2.42. The molecule has 6 rings (SSSR count). The van der Waals surface area contributed by atoms with E-state index in [2.05, 4.69) is 5.32 Å². The molecular weight excluding hydrogens is 750 g/mol. The summed E-state index contributed by atoms with van der Waals surface area (Å²) in [4.78, 5) is 68.6. The van der Waals surface area contributed by atoms with E-state index in [1.165, 1.54) is 16.7 Å². The summed E-state index contributed by atoms with van der Waals surface area (Å²) in [6.07, 6.45) is 4.13. The lowest BCUT2D eigenvalue weighted by atomic mass is 10.00. The summed E-state index contributed by atoms with van der Waals surface area (Å²) in [7, 11) is 0. The van der Waals surface area contributed by atoms with Gasteiger partial charge < -0.3 is 42.4 Å². The van der Waals surface area contributed by atoms with Crippen LogP contribution in [0.5, 0.6) is 0 Å². The smallest absolute Gasteiger partial charge is 0.408 e. The molecular formula is C38H40BrN5O7S. The highest BCUT2D eigenvalue weighted by Gasteiger charge is 2.55. The molecule has 3 aliphatic rings. The van der Waals surface area contributed by atoms with Crippen molar-refractivity contribution in [3.05, 3.63) is 125 Å². The fraction of sp³-hybridized carbons (Fsp3) is 0.316. The van der Waals surface area contributed by atoms with Gasteiger partial charge in [0.25, 0.3) is 11.8 Å². The number of halogens is 1. The normalized spacial score (nSPS) is 19.2. The number of thioether (sulfide) groups is 1. The lowest BCUT2D eigenvalue weighted by Crippen LogP contribution is -3.00. The van der Waals surface area contributed by atoms with Crippen molar-refractivity contribution in [2.75, 3.05) is 12.3 Å². The first-order valence-electron chi connectivity index (χ1n) is 16.6. The molecule has 2 saturated heterocycles. The largest absolute Gasteiger partial charge is 1.00 e. The fourth-order valence-electron chi connectivity index (χ4n) is 6.19. The molecule has 4 amide bonds. The van der Waals surface area contributed by atoms with Crippen LogP contribution in [0.3, 0.4) is 0 Å². The zero-order valence-corrected chi connectivity index (χ0v) is 31.4. The van der Waals surface area contributed by atoms with Gasteiger partial charge in [0.05, 0.1) is 0 Å². The number of nitrogens with one attached hydrogen (secondary N) is 1. The Labute approximate surface area is 316 Å². The first kappa shape index (κ1) is 38.3. The van der Waals surface area contributed by atoms with E-state index in [9.17, 15) is 24.0 Å². The summed E-state index contributed by atoms with van der Waals surface area (Å²) in [5.74, 6) is -1.53. The minimum Gasteiger partial charge on any atom is -1.00 e. The van der Waals surface area contributed by atoms with E-state index in [0.717, 1.165) is 16.7 Å². The molecule has 2 atom stereocenters. The number of hydrogen-bond donors (Lipinski definition) is 2. The average molecular weight is 791 g/mol. The Kier molecular flexibility index (Phi) is 11.9. The van der Waals surface area contributed by atoms with Crippen molar-refractivity contribution in [2.24, 2.45) is 5.73 Å². The third kappa shape index (κ3) is 8.73. The van der Waals surface area contributed by atoms with Crippen LogP contribution in [-0.4, -0.2) is 68.9 Å². The van der Waals surface area contributed by atoms with E-state index in [0.29, 0.717) is 36.4 Å². The maximum Gasteiger partial charge on any atom is 0.408 e. The number of carbonyl (C=O) groups excluding carboxylic acids is 5. The number of alkyl carbamates (subject to hydrolysis) is 1. The van der Waals surface area contributed by atoms with E-state index in [1.54, 1.807) is 48.7 Å². The summed E-state index contributed by atoms with van der Waals surface area (Å²) in [5.41, 5.74) is 7.95. The lowest BCUT2D eigenvalue weighted by molar-refractivity contribution is -0.684. The number of ether oxygens (including phenoxy) is 2. The molecule has 0 spiro atoms. The number of carbonyl (C=O) groups is 5. The zero-order chi connectivity index (χ0) is 36.3. The van der Waals surface area contributed by atoms with Crippen molar-refractivity contribution >= 4 is 41.5 Å². The Hall–Kier alpha value is -4.95. The van der Waals surface area contributed by atoms with Crippen LogP contribution in [0.2, 0.25) is 0 Å². The van der Waals surface area contributed by atoms with Gasteiger partial charge in [-0.25, -0.2) is 9.59 Å². The van der Waals surface area contributed by atoms with Gasteiger partial charge in [-0.2, -0.15) is 4.57 Å². The first-order valence-corrected chi connectivity index (χ1v) is 17.7. The number of benzene rings is 2. The number of pyridine rings is 1. The fourth-order valence-corrected chi connectivity index (χ4v) is 7.49. The number of nitrogens with two attached hydrogens (primary N) is 1. The number of fused-ring (bicyclic) bond motifs is 1. The van der Waals surface area contributed by atoms with Gasteiger partial charge >= 0.3 is 12.1 Å². The van der Waals surface area contributed by atoms with Gasteiger partial charge in [-0.15, -0.1) is 11.8 Å². The Morgan fingerprint density at radius 3 is 2.19 bits per heavy atom. The average Bonchev–Trinajstić information content (AvgIpc) is 3.44. The van der Waals surface area contributed by atoms with Gasteiger partial charge in [0.2, 0.25) is 12.5 Å². The van der Waals surface area contributed by atoms with Gasteiger partial charge in [-0.05, 0) is 55.5 Å². The van der Waals surface area contributed by atoms with Crippen LogP contribution in [-0.2, 0) is 41.7 Å². The predicted molar refractivity (Wildman–Crippen MR) is 188 cm³/mol. The quantitative estimate of drug-likeness (QED) is 0.131. The van der Waals surface area contributed by atoms with Crippen molar-refractivity contribution < 1.29 is 55.0 Å². The maximum absolute atomic E-state index is 14.3. The molecule has 52 heavy (non-hydrogen) atoms. The van der Waals surface area contributed by atoms with E-state index in [1.807, 2.05) is 72.8 Å². The number of likely N-dealkylation sites (tertiary alicyclic amines) is 1. The van der Waals surface area contributed by atoms with Crippen molar-refractivity contribution in [1.29, 1.82) is 0 Å². The topological polar surface area (TPSA) is 152 Å². The van der Waals surface area contributed by atoms with Crippen molar-refractivity contribution in [3.63, 3.8) is 0 Å². The summed E-state index contributed by atoms with van der Waals surface area (Å²) in [5, 5.41) is 2.09. The summed E-state index contributed by atoms with van der Waals surface area (Å²) < 4.78 is 13.3. The van der Waals surface area contributed by atoms with E-state index in [-0.39, 0.29) is 35.1 Å².